The molecule has 1 amide bonds. The standard InChI is InChI=1S/C15H7ClF7N3O4/c16-10-3-1-7(26(28)29)5-9(10)11-4-2-8(30-11)6-24-25-12(27)13(17,18)14(19,20)15(21,22)23/h1-6H,(H,25,27). The van der Waals surface area contributed by atoms with E-state index in [1.54, 1.807) is 0 Å². The molecule has 162 valence electrons. The zero-order chi connectivity index (χ0) is 22.9. The number of nitrogens with zero attached hydrogens (tertiary/aromatic N) is 2. The summed E-state index contributed by atoms with van der Waals surface area (Å²) >= 11 is 5.90. The summed E-state index contributed by atoms with van der Waals surface area (Å²) in [6, 6.07) is 5.73. The Morgan fingerprint density at radius 2 is 1.77 bits per heavy atom. The minimum atomic E-state index is -6.68. The van der Waals surface area contributed by atoms with Gasteiger partial charge in [-0.2, -0.15) is 35.8 Å². The summed E-state index contributed by atoms with van der Waals surface area (Å²) in [7, 11) is 0. The van der Waals surface area contributed by atoms with Crippen molar-refractivity contribution in [3.8, 4) is 11.3 Å². The zero-order valence-electron chi connectivity index (χ0n) is 14.0. The molecule has 1 aromatic heterocycles. The van der Waals surface area contributed by atoms with E-state index in [4.69, 9.17) is 16.0 Å². The van der Waals surface area contributed by atoms with Crippen LogP contribution >= 0.6 is 11.6 Å². The topological polar surface area (TPSA) is 97.7 Å². The second kappa shape index (κ2) is 7.93. The number of furan rings is 1. The van der Waals surface area contributed by atoms with Crippen LogP contribution in [0.4, 0.5) is 36.4 Å². The molecule has 1 N–H and O–H groups in total. The van der Waals surface area contributed by atoms with Crippen LogP contribution in [0.1, 0.15) is 5.76 Å². The highest BCUT2D eigenvalue weighted by molar-refractivity contribution is 6.33. The van der Waals surface area contributed by atoms with Gasteiger partial charge in [0, 0.05) is 17.7 Å². The third-order valence-electron chi connectivity index (χ3n) is 3.45. The number of nitrogens with one attached hydrogen (secondary N) is 1. The van der Waals surface area contributed by atoms with Gasteiger partial charge >= 0.3 is 23.9 Å². The molecule has 0 saturated carbocycles. The third-order valence-corrected chi connectivity index (χ3v) is 3.78. The van der Waals surface area contributed by atoms with Crippen molar-refractivity contribution in [3.63, 3.8) is 0 Å². The van der Waals surface area contributed by atoms with Gasteiger partial charge in [0.05, 0.1) is 16.2 Å². The fraction of sp³-hybridized carbons (Fsp3) is 0.200. The lowest BCUT2D eigenvalue weighted by atomic mass is 10.1. The number of nitro groups is 1. The number of amides is 1. The van der Waals surface area contributed by atoms with Crippen molar-refractivity contribution in [2.24, 2.45) is 5.10 Å². The number of hydrazone groups is 1. The van der Waals surface area contributed by atoms with E-state index in [-0.39, 0.29) is 27.8 Å². The molecule has 1 heterocycles. The Balaban J connectivity index is 2.17. The normalized spacial score (nSPS) is 12.9. The number of hydrogen-bond donors (Lipinski definition) is 1. The van der Waals surface area contributed by atoms with E-state index in [0.717, 1.165) is 23.6 Å². The minimum absolute atomic E-state index is 0.0424. The Morgan fingerprint density at radius 1 is 1.13 bits per heavy atom. The van der Waals surface area contributed by atoms with E-state index < -0.39 is 28.9 Å². The van der Waals surface area contributed by atoms with Gasteiger partial charge in [0.2, 0.25) is 0 Å². The Kier molecular flexibility index (Phi) is 6.11. The van der Waals surface area contributed by atoms with Gasteiger partial charge in [-0.25, -0.2) is 5.43 Å². The molecule has 1 aromatic carbocycles. The number of hydrogen-bond acceptors (Lipinski definition) is 5. The molecule has 2 rings (SSSR count). The maximum atomic E-state index is 13.1. The first-order valence-electron chi connectivity index (χ1n) is 7.38. The highest BCUT2D eigenvalue weighted by atomic mass is 35.5. The minimum Gasteiger partial charge on any atom is -0.455 e. The average molecular weight is 462 g/mol. The van der Waals surface area contributed by atoms with E-state index >= 15 is 0 Å². The largest absolute Gasteiger partial charge is 0.460 e. The Labute approximate surface area is 166 Å². The number of non-ortho nitro benzene ring substituents is 1. The molecule has 0 aliphatic carbocycles. The maximum Gasteiger partial charge on any atom is 0.460 e. The summed E-state index contributed by atoms with van der Waals surface area (Å²) < 4.78 is 93.1. The summed E-state index contributed by atoms with van der Waals surface area (Å²) in [6.07, 6.45) is -6.15. The molecule has 15 heteroatoms. The van der Waals surface area contributed by atoms with E-state index in [1.165, 1.54) is 12.1 Å². The fourth-order valence-electron chi connectivity index (χ4n) is 1.93. The third kappa shape index (κ3) is 4.37. The monoisotopic (exact) mass is 461 g/mol. The average Bonchev–Trinajstić information content (AvgIpc) is 3.09. The molecular weight excluding hydrogens is 455 g/mol. The molecule has 7 nitrogen and oxygen atoms in total. The van der Waals surface area contributed by atoms with Crippen LogP contribution in [0.15, 0.2) is 39.9 Å². The molecule has 0 bridgehead atoms. The molecule has 0 aliphatic rings. The Morgan fingerprint density at radius 3 is 2.33 bits per heavy atom. The molecule has 0 saturated heterocycles. The van der Waals surface area contributed by atoms with Gasteiger partial charge in [0.15, 0.2) is 0 Å². The van der Waals surface area contributed by atoms with Crippen LogP contribution in [0.5, 0.6) is 0 Å². The summed E-state index contributed by atoms with van der Waals surface area (Å²) in [6.45, 7) is 0. The van der Waals surface area contributed by atoms with Crippen LogP contribution in [0, 0.1) is 10.1 Å². The Bertz CT molecular complexity index is 1000. The highest BCUT2D eigenvalue weighted by Gasteiger charge is 2.76. The van der Waals surface area contributed by atoms with Crippen LogP contribution in [-0.2, 0) is 4.79 Å². The summed E-state index contributed by atoms with van der Waals surface area (Å²) in [5.41, 5.74) is 0.588. The molecule has 0 unspecified atom stereocenters. The smallest absolute Gasteiger partial charge is 0.455 e. The molecule has 0 atom stereocenters. The number of carbonyl (C=O) groups excluding carboxylic acids is 1. The van der Waals surface area contributed by atoms with Gasteiger partial charge in [-0.3, -0.25) is 14.9 Å². The predicted octanol–water partition coefficient (Wildman–Crippen LogP) is 4.79. The lowest BCUT2D eigenvalue weighted by Crippen LogP contribution is -2.58. The van der Waals surface area contributed by atoms with Crippen LogP contribution in [0.25, 0.3) is 11.3 Å². The number of carbonyl (C=O) groups is 1. The molecule has 0 radical (unpaired) electrons. The first-order chi connectivity index (χ1) is 13.7. The number of benzene rings is 1. The molecule has 2 aromatic rings. The molecular formula is C15H7ClF7N3O4. The van der Waals surface area contributed by atoms with Crippen molar-refractivity contribution in [1.82, 2.24) is 5.43 Å². The second-order valence-corrected chi connectivity index (χ2v) is 5.88. The number of alkyl halides is 7. The SMILES string of the molecule is O=C(NN=Cc1ccc(-c2cc([N+](=O)[O-])ccc2Cl)o1)C(F)(F)C(F)(F)C(F)(F)F. The van der Waals surface area contributed by atoms with Crippen molar-refractivity contribution < 1.29 is 44.9 Å². The first kappa shape index (κ1) is 23.1. The first-order valence-corrected chi connectivity index (χ1v) is 7.76. The number of nitro benzene ring substituents is 1. The molecule has 30 heavy (non-hydrogen) atoms. The Hall–Kier alpha value is -3.16. The van der Waals surface area contributed by atoms with Crippen LogP contribution in [0.3, 0.4) is 0 Å². The molecule has 0 spiro atoms. The van der Waals surface area contributed by atoms with Crippen LogP contribution in [-0.4, -0.2) is 35.1 Å². The van der Waals surface area contributed by atoms with E-state index in [1.807, 2.05) is 0 Å². The molecule has 0 aliphatic heterocycles. The van der Waals surface area contributed by atoms with Gasteiger partial charge in [0.25, 0.3) is 5.69 Å². The van der Waals surface area contributed by atoms with Crippen molar-refractivity contribution >= 4 is 29.4 Å². The summed E-state index contributed by atoms with van der Waals surface area (Å²) in [4.78, 5) is 21.1. The van der Waals surface area contributed by atoms with Gasteiger partial charge < -0.3 is 4.42 Å². The van der Waals surface area contributed by atoms with Crippen molar-refractivity contribution in [3.05, 3.63) is 51.2 Å². The summed E-state index contributed by atoms with van der Waals surface area (Å²) in [5, 5.41) is 13.7. The fourth-order valence-corrected chi connectivity index (χ4v) is 2.14. The number of halogens is 8. The van der Waals surface area contributed by atoms with Crippen molar-refractivity contribution in [2.75, 3.05) is 0 Å². The highest BCUT2D eigenvalue weighted by Crippen LogP contribution is 2.46. The van der Waals surface area contributed by atoms with Gasteiger partial charge in [-0.05, 0) is 18.2 Å². The lowest BCUT2D eigenvalue weighted by Gasteiger charge is -2.26. The van der Waals surface area contributed by atoms with Crippen LogP contribution < -0.4 is 5.43 Å². The van der Waals surface area contributed by atoms with Gasteiger partial charge in [0.1, 0.15) is 11.5 Å². The predicted molar refractivity (Wildman–Crippen MR) is 87.5 cm³/mol. The van der Waals surface area contributed by atoms with Crippen LogP contribution in [0.2, 0.25) is 5.02 Å². The van der Waals surface area contributed by atoms with Gasteiger partial charge in [-0.1, -0.05) is 11.6 Å². The van der Waals surface area contributed by atoms with E-state index in [9.17, 15) is 45.6 Å². The number of rotatable bonds is 6. The lowest BCUT2D eigenvalue weighted by molar-refractivity contribution is -0.384. The van der Waals surface area contributed by atoms with Crippen molar-refractivity contribution in [2.45, 2.75) is 18.0 Å². The summed E-state index contributed by atoms with van der Waals surface area (Å²) in [5.74, 6) is -16.1. The quantitative estimate of drug-likeness (QED) is 0.289. The van der Waals surface area contributed by atoms with Gasteiger partial charge in [-0.15, -0.1) is 0 Å². The molecule has 0 fully saturated rings. The van der Waals surface area contributed by atoms with Crippen molar-refractivity contribution in [1.29, 1.82) is 0 Å². The maximum absolute atomic E-state index is 13.1. The van der Waals surface area contributed by atoms with E-state index in [2.05, 4.69) is 5.10 Å². The van der Waals surface area contributed by atoms with E-state index in [0.29, 0.717) is 6.21 Å². The zero-order valence-corrected chi connectivity index (χ0v) is 14.8. The second-order valence-electron chi connectivity index (χ2n) is 5.47.